The highest BCUT2D eigenvalue weighted by molar-refractivity contribution is 5.95. The van der Waals surface area contributed by atoms with Gasteiger partial charge in [0, 0.05) is 25.3 Å². The van der Waals surface area contributed by atoms with Gasteiger partial charge in [0.2, 0.25) is 0 Å². The van der Waals surface area contributed by atoms with Crippen molar-refractivity contribution in [2.75, 3.05) is 22.9 Å². The fourth-order valence-electron chi connectivity index (χ4n) is 6.09. The average Bonchev–Trinajstić information content (AvgIpc) is 3.65. The molecule has 0 unspecified atom stereocenters. The first-order valence-corrected chi connectivity index (χ1v) is 13.5. The van der Waals surface area contributed by atoms with Crippen LogP contribution in [0.15, 0.2) is 48.7 Å². The molecule has 3 aromatic rings. The maximum atomic E-state index is 14.6. The van der Waals surface area contributed by atoms with Crippen molar-refractivity contribution in [2.24, 2.45) is 0 Å². The highest BCUT2D eigenvalue weighted by Crippen LogP contribution is 2.44. The minimum Gasteiger partial charge on any atom is -0.369 e. The number of aromatic nitrogens is 2. The lowest BCUT2D eigenvalue weighted by Crippen LogP contribution is -2.55. The molecule has 2 fully saturated rings. The molecule has 2 aromatic carbocycles. The predicted molar refractivity (Wildman–Crippen MR) is 140 cm³/mol. The van der Waals surface area contributed by atoms with Crippen molar-refractivity contribution in [3.63, 3.8) is 0 Å². The van der Waals surface area contributed by atoms with E-state index in [4.69, 9.17) is 5.10 Å². The number of para-hydroxylation sites is 1. The number of aryl methyl sites for hydroxylation is 1. The Kier molecular flexibility index (Phi) is 6.31. The van der Waals surface area contributed by atoms with E-state index in [-0.39, 0.29) is 42.1 Å². The minimum absolute atomic E-state index is 0.0443. The van der Waals surface area contributed by atoms with Crippen LogP contribution in [0.4, 0.5) is 33.7 Å². The summed E-state index contributed by atoms with van der Waals surface area (Å²) in [5, 5.41) is 4.82. The van der Waals surface area contributed by atoms with Gasteiger partial charge in [-0.05, 0) is 62.8 Å². The summed E-state index contributed by atoms with van der Waals surface area (Å²) in [5.74, 6) is -0.263. The molecular formula is C29H31F4N5O. The molecule has 6 rings (SSSR count). The number of nitrogens with zero attached hydrogens (tertiary/aromatic N) is 5. The second-order valence-corrected chi connectivity index (χ2v) is 10.8. The Morgan fingerprint density at radius 1 is 0.974 bits per heavy atom. The number of amides is 2. The number of urea groups is 1. The maximum absolute atomic E-state index is 14.6. The normalized spacial score (nSPS) is 20.5. The number of carbonyl (C=O) groups excluding carboxylic acids is 1. The smallest absolute Gasteiger partial charge is 0.369 e. The van der Waals surface area contributed by atoms with E-state index < -0.39 is 11.7 Å². The van der Waals surface area contributed by atoms with Gasteiger partial charge in [0.1, 0.15) is 11.5 Å². The summed E-state index contributed by atoms with van der Waals surface area (Å²) < 4.78 is 57.9. The molecule has 2 aliphatic heterocycles. The van der Waals surface area contributed by atoms with E-state index >= 15 is 0 Å². The Morgan fingerprint density at radius 3 is 2.36 bits per heavy atom. The van der Waals surface area contributed by atoms with Crippen molar-refractivity contribution >= 4 is 17.4 Å². The molecule has 0 radical (unpaired) electrons. The molecule has 3 heterocycles. The molecule has 0 bridgehead atoms. The zero-order chi connectivity index (χ0) is 27.5. The number of alkyl halides is 3. The van der Waals surface area contributed by atoms with Crippen molar-refractivity contribution in [1.82, 2.24) is 14.7 Å². The van der Waals surface area contributed by atoms with E-state index in [0.717, 1.165) is 24.5 Å². The first kappa shape index (κ1) is 25.7. The lowest BCUT2D eigenvalue weighted by molar-refractivity contribution is -0.138. The fourth-order valence-corrected chi connectivity index (χ4v) is 6.09. The van der Waals surface area contributed by atoms with Gasteiger partial charge in [-0.1, -0.05) is 30.3 Å². The van der Waals surface area contributed by atoms with Gasteiger partial charge >= 0.3 is 12.2 Å². The van der Waals surface area contributed by atoms with Crippen molar-refractivity contribution in [2.45, 2.75) is 70.4 Å². The van der Waals surface area contributed by atoms with Crippen molar-refractivity contribution in [1.29, 1.82) is 0 Å². The molecule has 39 heavy (non-hydrogen) atoms. The molecule has 1 aliphatic carbocycles. The molecular weight excluding hydrogens is 510 g/mol. The van der Waals surface area contributed by atoms with Crippen LogP contribution < -0.4 is 9.80 Å². The number of carbonyl (C=O) groups is 1. The van der Waals surface area contributed by atoms with E-state index in [0.29, 0.717) is 43.0 Å². The Balaban J connectivity index is 1.31. The van der Waals surface area contributed by atoms with E-state index in [1.807, 2.05) is 35.7 Å². The van der Waals surface area contributed by atoms with E-state index in [9.17, 15) is 22.4 Å². The van der Waals surface area contributed by atoms with Crippen LogP contribution in [0.25, 0.3) is 0 Å². The number of benzene rings is 2. The molecule has 3 aliphatic rings. The molecule has 10 heteroatoms. The van der Waals surface area contributed by atoms with Gasteiger partial charge in [0.25, 0.3) is 0 Å². The number of anilines is 2. The summed E-state index contributed by atoms with van der Waals surface area (Å²) in [7, 11) is 0. The van der Waals surface area contributed by atoms with Crippen LogP contribution in [-0.2, 0) is 12.7 Å². The monoisotopic (exact) mass is 541 g/mol. The number of rotatable bonds is 5. The summed E-state index contributed by atoms with van der Waals surface area (Å²) in [6.45, 7) is 4.77. The Morgan fingerprint density at radius 2 is 1.69 bits per heavy atom. The average molecular weight is 542 g/mol. The van der Waals surface area contributed by atoms with Crippen LogP contribution in [-0.4, -0.2) is 39.8 Å². The van der Waals surface area contributed by atoms with Crippen molar-refractivity contribution in [3.8, 4) is 0 Å². The lowest BCUT2D eigenvalue weighted by atomic mass is 9.97. The van der Waals surface area contributed by atoms with E-state index in [1.165, 1.54) is 23.1 Å². The number of hydrogen-bond acceptors (Lipinski definition) is 3. The van der Waals surface area contributed by atoms with Gasteiger partial charge in [-0.3, -0.25) is 9.58 Å². The zero-order valence-electron chi connectivity index (χ0n) is 22.0. The zero-order valence-corrected chi connectivity index (χ0v) is 22.0. The Labute approximate surface area is 224 Å². The molecule has 2 amide bonds. The molecule has 0 N–H and O–H groups in total. The topological polar surface area (TPSA) is 44.6 Å². The number of piperidine rings is 1. The quantitative estimate of drug-likeness (QED) is 0.332. The van der Waals surface area contributed by atoms with Gasteiger partial charge in [-0.2, -0.15) is 18.3 Å². The number of halogens is 4. The predicted octanol–water partition coefficient (Wildman–Crippen LogP) is 6.86. The summed E-state index contributed by atoms with van der Waals surface area (Å²) in [6, 6.07) is 9.93. The molecule has 1 aromatic heterocycles. The number of hydrogen-bond donors (Lipinski definition) is 0. The highest BCUT2D eigenvalue weighted by atomic mass is 19.4. The van der Waals surface area contributed by atoms with Crippen molar-refractivity contribution < 1.29 is 22.4 Å². The molecule has 6 nitrogen and oxygen atoms in total. The van der Waals surface area contributed by atoms with E-state index in [2.05, 4.69) is 0 Å². The maximum Gasteiger partial charge on any atom is 0.416 e. The minimum atomic E-state index is -4.53. The Bertz CT molecular complexity index is 1370. The van der Waals surface area contributed by atoms with Crippen LogP contribution in [0.1, 0.15) is 67.1 Å². The first-order valence-electron chi connectivity index (χ1n) is 13.5. The van der Waals surface area contributed by atoms with Gasteiger partial charge in [0.15, 0.2) is 0 Å². The molecule has 1 saturated carbocycles. The summed E-state index contributed by atoms with van der Waals surface area (Å²) in [6.07, 6.45) is 0.527. The van der Waals surface area contributed by atoms with Crippen LogP contribution in [0, 0.1) is 12.7 Å². The van der Waals surface area contributed by atoms with Gasteiger partial charge in [0.05, 0.1) is 35.6 Å². The second kappa shape index (κ2) is 9.57. The molecule has 1 saturated heterocycles. The van der Waals surface area contributed by atoms with Gasteiger partial charge in [-0.15, -0.1) is 0 Å². The second-order valence-electron chi connectivity index (χ2n) is 10.8. The lowest BCUT2D eigenvalue weighted by Gasteiger charge is -2.46. The third-order valence-electron chi connectivity index (χ3n) is 8.23. The number of fused-ring (bicyclic) bond motifs is 1. The molecule has 0 spiro atoms. The summed E-state index contributed by atoms with van der Waals surface area (Å²) in [5.41, 5.74) is 2.03. The van der Waals surface area contributed by atoms with Crippen molar-refractivity contribution in [3.05, 3.63) is 76.9 Å². The standard InChI is InChI=1S/C29H31F4N5O/c1-18-6-5-9-24(30)27(18)35-14-12-22(13-15-35)38-19(2)26-25(17-37(34-26)21-10-11-21)36(28(38)39)16-20-7-3-4-8-23(20)29(31,32)33/h3-9,17,19,21-22H,10-16H2,1-2H3/t19-/m0/s1. The largest absolute Gasteiger partial charge is 0.416 e. The fraction of sp³-hybridized carbons (Fsp3) is 0.448. The van der Waals surface area contributed by atoms with Gasteiger partial charge in [-0.25, -0.2) is 9.18 Å². The van der Waals surface area contributed by atoms with Crippen LogP contribution in [0.5, 0.6) is 0 Å². The van der Waals surface area contributed by atoms with Gasteiger partial charge < -0.3 is 9.80 Å². The highest BCUT2D eigenvalue weighted by Gasteiger charge is 2.44. The molecule has 206 valence electrons. The summed E-state index contributed by atoms with van der Waals surface area (Å²) in [4.78, 5) is 19.3. The SMILES string of the molecule is Cc1cccc(F)c1N1CCC(N2C(=O)N(Cc3ccccc3C(F)(F)F)c3cn(C4CC4)nc3[C@@H]2C)CC1. The summed E-state index contributed by atoms with van der Waals surface area (Å²) >= 11 is 0. The third-order valence-corrected chi connectivity index (χ3v) is 8.23. The van der Waals surface area contributed by atoms with Crippen LogP contribution in [0.2, 0.25) is 0 Å². The van der Waals surface area contributed by atoms with Crippen LogP contribution >= 0.6 is 0 Å². The third kappa shape index (κ3) is 4.63. The Hall–Kier alpha value is -3.56. The molecule has 1 atom stereocenters. The van der Waals surface area contributed by atoms with Crippen LogP contribution in [0.3, 0.4) is 0 Å². The first-order chi connectivity index (χ1) is 18.6. The van der Waals surface area contributed by atoms with E-state index in [1.54, 1.807) is 17.0 Å².